The molecule has 0 aromatic heterocycles. The van der Waals surface area contributed by atoms with Crippen LogP contribution < -0.4 is 23.7 Å². The van der Waals surface area contributed by atoms with Crippen molar-refractivity contribution in [2.45, 2.75) is 0 Å². The molecular formula is C30H40N2O13. The first-order valence-electron chi connectivity index (χ1n) is 14.7. The maximum atomic E-state index is 11.3. The topological polar surface area (TPSA) is 164 Å². The Hall–Kier alpha value is -3.73. The van der Waals surface area contributed by atoms with E-state index in [-0.39, 0.29) is 31.3 Å². The summed E-state index contributed by atoms with van der Waals surface area (Å²) < 4.78 is 62.2. The summed E-state index contributed by atoms with van der Waals surface area (Å²) in [5.74, 6) is 0.633. The molecule has 0 fully saturated rings. The summed E-state index contributed by atoms with van der Waals surface area (Å²) in [7, 11) is 0. The minimum atomic E-state index is -1.15. The van der Waals surface area contributed by atoms with Gasteiger partial charge in [-0.15, -0.1) is 5.11 Å². The molecule has 2 aromatic carbocycles. The van der Waals surface area contributed by atoms with Gasteiger partial charge in [-0.1, -0.05) is 0 Å². The maximum Gasteiger partial charge on any atom is 0.341 e. The van der Waals surface area contributed by atoms with Crippen molar-refractivity contribution in [1.82, 2.24) is 0 Å². The van der Waals surface area contributed by atoms with E-state index < -0.39 is 12.6 Å². The largest absolute Gasteiger partial charge is 0.487 e. The molecule has 0 bridgehead atoms. The fourth-order valence-corrected chi connectivity index (χ4v) is 3.92. The summed E-state index contributed by atoms with van der Waals surface area (Å²) in [6, 6.07) is 8.21. The molecular weight excluding hydrogens is 596 g/mol. The molecule has 248 valence electrons. The minimum absolute atomic E-state index is 0.141. The Bertz CT molecular complexity index is 1200. The molecule has 4 rings (SSSR count). The van der Waals surface area contributed by atoms with Crippen molar-refractivity contribution < 1.29 is 62.0 Å². The Morgan fingerprint density at radius 1 is 0.556 bits per heavy atom. The van der Waals surface area contributed by atoms with Gasteiger partial charge in [0.1, 0.15) is 32.1 Å². The van der Waals surface area contributed by atoms with E-state index >= 15 is 0 Å². The second-order valence-corrected chi connectivity index (χ2v) is 9.35. The molecule has 0 amide bonds. The summed E-state index contributed by atoms with van der Waals surface area (Å²) >= 11 is 0. The van der Waals surface area contributed by atoms with E-state index in [0.717, 1.165) is 0 Å². The van der Waals surface area contributed by atoms with Gasteiger partial charge in [-0.3, -0.25) is 0 Å². The maximum absolute atomic E-state index is 11.3. The van der Waals surface area contributed by atoms with E-state index in [1.54, 1.807) is 24.3 Å². The van der Waals surface area contributed by atoms with Gasteiger partial charge in [-0.2, -0.15) is 5.11 Å². The van der Waals surface area contributed by atoms with Crippen molar-refractivity contribution in [2.24, 2.45) is 10.2 Å². The predicted molar refractivity (Wildman–Crippen MR) is 157 cm³/mol. The van der Waals surface area contributed by atoms with Crippen molar-refractivity contribution in [3.8, 4) is 28.7 Å². The highest BCUT2D eigenvalue weighted by molar-refractivity contribution is 5.69. The standard InChI is InChI=1S/C30H40N2O13/c33-30(34)22-45-26-21-29-28(43-17-13-39-9-5-36-6-10-40-14-18-44-29)20-24(26)32-31-23-1-2-25-27(19-23)42-16-12-38-8-4-35-3-7-37-11-15-41-25/h1-2,19-21H,3-18,22H2,(H,33,34). The van der Waals surface area contributed by atoms with E-state index in [1.165, 1.54) is 6.07 Å². The Balaban J connectivity index is 1.54. The summed E-state index contributed by atoms with van der Waals surface area (Å²) in [6.45, 7) is 5.39. The molecule has 2 aromatic rings. The van der Waals surface area contributed by atoms with Crippen LogP contribution in [0.15, 0.2) is 40.6 Å². The van der Waals surface area contributed by atoms with Crippen LogP contribution in [0.25, 0.3) is 0 Å². The number of aliphatic carboxylic acids is 1. The number of hydrogen-bond acceptors (Lipinski definition) is 14. The first kappa shape index (κ1) is 34.1. The molecule has 0 spiro atoms. The number of carboxylic acid groups (broad SMARTS) is 1. The summed E-state index contributed by atoms with van der Waals surface area (Å²) in [6.07, 6.45) is 0. The molecule has 45 heavy (non-hydrogen) atoms. The molecule has 15 heteroatoms. The quantitative estimate of drug-likeness (QED) is 0.477. The van der Waals surface area contributed by atoms with Gasteiger partial charge in [0.05, 0.1) is 85.0 Å². The van der Waals surface area contributed by atoms with Crippen LogP contribution in [-0.2, 0) is 33.2 Å². The van der Waals surface area contributed by atoms with Gasteiger partial charge < -0.3 is 57.2 Å². The summed E-state index contributed by atoms with van der Waals surface area (Å²) in [4.78, 5) is 11.3. The lowest BCUT2D eigenvalue weighted by Gasteiger charge is -2.16. The molecule has 0 saturated heterocycles. The number of fused-ring (bicyclic) bond motifs is 2. The molecule has 0 saturated carbocycles. The van der Waals surface area contributed by atoms with Crippen LogP contribution in [0.3, 0.4) is 0 Å². The Kier molecular flexibility index (Phi) is 15.4. The predicted octanol–water partition coefficient (Wildman–Crippen LogP) is 3.21. The van der Waals surface area contributed by atoms with Crippen LogP contribution in [-0.4, -0.2) is 123 Å². The van der Waals surface area contributed by atoms with Gasteiger partial charge in [0, 0.05) is 18.2 Å². The molecule has 2 aliphatic rings. The number of carboxylic acids is 1. The zero-order valence-corrected chi connectivity index (χ0v) is 25.1. The van der Waals surface area contributed by atoms with E-state index in [1.807, 2.05) is 0 Å². The molecule has 0 unspecified atom stereocenters. The van der Waals surface area contributed by atoms with Crippen LogP contribution in [0, 0.1) is 0 Å². The highest BCUT2D eigenvalue weighted by Gasteiger charge is 2.16. The average molecular weight is 637 g/mol. The number of nitrogens with zero attached hydrogens (tertiary/aromatic N) is 2. The van der Waals surface area contributed by atoms with Crippen molar-refractivity contribution >= 4 is 17.3 Å². The molecule has 0 radical (unpaired) electrons. The zero-order valence-electron chi connectivity index (χ0n) is 25.1. The van der Waals surface area contributed by atoms with Crippen LogP contribution in [0.4, 0.5) is 11.4 Å². The lowest BCUT2D eigenvalue weighted by molar-refractivity contribution is -0.139. The number of rotatable bonds is 5. The average Bonchev–Trinajstić information content (AvgIpc) is 3.05. The summed E-state index contributed by atoms with van der Waals surface area (Å²) in [5, 5.41) is 18.0. The normalized spacial score (nSPS) is 18.5. The third-order valence-electron chi connectivity index (χ3n) is 6.01. The zero-order chi connectivity index (χ0) is 31.4. The Morgan fingerprint density at radius 3 is 1.47 bits per heavy atom. The summed E-state index contributed by atoms with van der Waals surface area (Å²) in [5.41, 5.74) is 0.675. The fourth-order valence-electron chi connectivity index (χ4n) is 3.92. The van der Waals surface area contributed by atoms with Crippen molar-refractivity contribution in [1.29, 1.82) is 0 Å². The Morgan fingerprint density at radius 2 is 0.978 bits per heavy atom. The molecule has 15 nitrogen and oxygen atoms in total. The second kappa shape index (κ2) is 20.3. The van der Waals surface area contributed by atoms with Gasteiger partial charge in [-0.05, 0) is 12.1 Å². The van der Waals surface area contributed by atoms with Gasteiger partial charge in [0.2, 0.25) is 0 Å². The molecule has 0 aliphatic carbocycles. The van der Waals surface area contributed by atoms with Crippen LogP contribution in [0.5, 0.6) is 28.7 Å². The third-order valence-corrected chi connectivity index (χ3v) is 6.01. The molecule has 0 atom stereocenters. The SMILES string of the molecule is O=C(O)COc1cc2c(cc1N=Nc1ccc3c(c1)OCCOCCOCCOCCO3)OCCOCCOCCOCCO2. The van der Waals surface area contributed by atoms with Crippen LogP contribution in [0.2, 0.25) is 0 Å². The molecule has 1 N–H and O–H groups in total. The van der Waals surface area contributed by atoms with Gasteiger partial charge in [0.15, 0.2) is 35.4 Å². The van der Waals surface area contributed by atoms with Crippen LogP contribution in [0.1, 0.15) is 0 Å². The first-order chi connectivity index (χ1) is 22.2. The van der Waals surface area contributed by atoms with Gasteiger partial charge >= 0.3 is 5.97 Å². The lowest BCUT2D eigenvalue weighted by atomic mass is 10.2. The molecule has 2 heterocycles. The van der Waals surface area contributed by atoms with Crippen molar-refractivity contribution in [3.63, 3.8) is 0 Å². The minimum Gasteiger partial charge on any atom is -0.487 e. The number of hydrogen-bond donors (Lipinski definition) is 1. The smallest absolute Gasteiger partial charge is 0.341 e. The number of azo groups is 1. The fraction of sp³-hybridized carbons (Fsp3) is 0.567. The van der Waals surface area contributed by atoms with Crippen molar-refractivity contribution in [3.05, 3.63) is 30.3 Å². The van der Waals surface area contributed by atoms with Gasteiger partial charge in [0.25, 0.3) is 0 Å². The van der Waals surface area contributed by atoms with Gasteiger partial charge in [-0.25, -0.2) is 4.79 Å². The highest BCUT2D eigenvalue weighted by atomic mass is 16.6. The highest BCUT2D eigenvalue weighted by Crippen LogP contribution is 2.41. The molecule has 2 aliphatic heterocycles. The monoisotopic (exact) mass is 636 g/mol. The first-order valence-corrected chi connectivity index (χ1v) is 14.7. The van der Waals surface area contributed by atoms with E-state index in [9.17, 15) is 9.90 Å². The Labute approximate surface area is 261 Å². The van der Waals surface area contributed by atoms with Crippen LogP contribution >= 0.6 is 0 Å². The second-order valence-electron chi connectivity index (χ2n) is 9.35. The van der Waals surface area contributed by atoms with Crippen molar-refractivity contribution in [2.75, 3.05) is 112 Å². The number of benzene rings is 2. The lowest BCUT2D eigenvalue weighted by Crippen LogP contribution is -2.13. The van der Waals surface area contributed by atoms with E-state index in [2.05, 4.69) is 10.2 Å². The van der Waals surface area contributed by atoms with E-state index in [4.69, 9.17) is 52.1 Å². The third kappa shape index (κ3) is 13.0. The van der Waals surface area contributed by atoms with E-state index in [0.29, 0.717) is 115 Å². The number of carbonyl (C=O) groups is 1. The number of ether oxygens (including phenoxy) is 11.